The largest absolute Gasteiger partial charge is 0.467 e. The van der Waals surface area contributed by atoms with Crippen LogP contribution in [-0.4, -0.2) is 111 Å². The zero-order valence-corrected chi connectivity index (χ0v) is 33.4. The van der Waals surface area contributed by atoms with Gasteiger partial charge in [0.1, 0.15) is 18.1 Å². The number of carbonyl (C=O) groups is 5. The van der Waals surface area contributed by atoms with Crippen LogP contribution in [0.2, 0.25) is 0 Å². The van der Waals surface area contributed by atoms with E-state index in [1.54, 1.807) is 30.8 Å². The first-order chi connectivity index (χ1) is 29.3. The molecule has 6 heterocycles. The second-order valence-electron chi connectivity index (χ2n) is 15.3. The molecule has 0 saturated carbocycles. The molecular weight excluding hydrogens is 767 g/mol. The van der Waals surface area contributed by atoms with Crippen molar-refractivity contribution in [1.29, 1.82) is 0 Å². The van der Waals surface area contributed by atoms with Crippen molar-refractivity contribution in [1.82, 2.24) is 40.0 Å². The van der Waals surface area contributed by atoms with Crippen molar-refractivity contribution in [3.05, 3.63) is 90.3 Å². The van der Waals surface area contributed by atoms with Crippen molar-refractivity contribution in [3.8, 4) is 11.1 Å². The summed E-state index contributed by atoms with van der Waals surface area (Å²) >= 11 is 0. The van der Waals surface area contributed by atoms with Gasteiger partial charge in [-0.15, -0.1) is 10.2 Å². The molecule has 2 fully saturated rings. The van der Waals surface area contributed by atoms with Crippen molar-refractivity contribution in [2.24, 2.45) is 0 Å². The molecule has 0 spiro atoms. The number of furan rings is 1. The number of unbranched alkanes of at least 4 members (excludes halogenated alkanes) is 3. The van der Waals surface area contributed by atoms with Crippen molar-refractivity contribution < 1.29 is 28.4 Å². The van der Waals surface area contributed by atoms with Gasteiger partial charge in [0, 0.05) is 75.2 Å². The predicted octanol–water partition coefficient (Wildman–Crippen LogP) is 4.09. The average Bonchev–Trinajstić information content (AvgIpc) is 4.03. The third kappa shape index (κ3) is 9.00. The molecule has 17 nitrogen and oxygen atoms in total. The molecule has 60 heavy (non-hydrogen) atoms. The number of carbonyl (C=O) groups excluding carboxylic acids is 5. The van der Waals surface area contributed by atoms with E-state index < -0.39 is 29.7 Å². The number of hydrogen-bond acceptors (Lipinski definition) is 13. The highest BCUT2D eigenvalue weighted by molar-refractivity contribution is 6.25. The number of amides is 5. The molecule has 17 heteroatoms. The molecule has 0 bridgehead atoms. The van der Waals surface area contributed by atoms with Crippen LogP contribution in [-0.2, 0) is 20.9 Å². The lowest BCUT2D eigenvalue weighted by Gasteiger charge is -2.36. The van der Waals surface area contributed by atoms with Gasteiger partial charge in [0.05, 0.1) is 23.9 Å². The highest BCUT2D eigenvalue weighted by Gasteiger charge is 2.45. The second kappa shape index (κ2) is 18.5. The fraction of sp³-hybridized carbons (Fsp3) is 0.395. The van der Waals surface area contributed by atoms with E-state index in [2.05, 4.69) is 70.5 Å². The van der Waals surface area contributed by atoms with Gasteiger partial charge in [-0.2, -0.15) is 0 Å². The van der Waals surface area contributed by atoms with Crippen molar-refractivity contribution in [3.63, 3.8) is 0 Å². The van der Waals surface area contributed by atoms with E-state index in [4.69, 9.17) is 4.42 Å². The van der Waals surface area contributed by atoms with Gasteiger partial charge in [0.15, 0.2) is 5.65 Å². The van der Waals surface area contributed by atoms with Crippen LogP contribution in [0.4, 0.5) is 17.3 Å². The Bertz CT molecular complexity index is 2340. The SMILES string of the molecule is O=C(CCCCCNc1cccc2c1C(=O)N(C1CCC(=O)NC1=O)C2=O)NCCCCN1CCN(c2ccc(-c3cnc(NCc4ccco4)n4cnnc34)cc2)CC1. The number of aromatic nitrogens is 4. The minimum Gasteiger partial charge on any atom is -0.467 e. The Kier molecular flexibility index (Phi) is 12.4. The number of rotatable bonds is 18. The lowest BCUT2D eigenvalue weighted by atomic mass is 10.0. The number of benzene rings is 2. The van der Waals surface area contributed by atoms with Gasteiger partial charge in [-0.25, -0.2) is 4.98 Å². The first kappa shape index (κ1) is 40.2. The first-order valence-corrected chi connectivity index (χ1v) is 20.7. The summed E-state index contributed by atoms with van der Waals surface area (Å²) in [5.74, 6) is -0.590. The first-order valence-electron chi connectivity index (χ1n) is 20.7. The fourth-order valence-electron chi connectivity index (χ4n) is 8.06. The maximum absolute atomic E-state index is 13.3. The van der Waals surface area contributed by atoms with Crippen LogP contribution in [0.1, 0.15) is 77.8 Å². The van der Waals surface area contributed by atoms with Gasteiger partial charge in [0.25, 0.3) is 11.8 Å². The summed E-state index contributed by atoms with van der Waals surface area (Å²) in [4.78, 5) is 73.3. The number of imide groups is 2. The van der Waals surface area contributed by atoms with Crippen LogP contribution in [0.5, 0.6) is 0 Å². The van der Waals surface area contributed by atoms with Crippen molar-refractivity contribution in [2.45, 2.75) is 64.0 Å². The molecule has 312 valence electrons. The highest BCUT2D eigenvalue weighted by atomic mass is 16.3. The number of piperazine rings is 1. The van der Waals surface area contributed by atoms with E-state index in [9.17, 15) is 24.0 Å². The Labute approximate surface area is 346 Å². The Balaban J connectivity index is 0.686. The number of fused-ring (bicyclic) bond motifs is 2. The molecule has 2 saturated heterocycles. The number of nitrogens with one attached hydrogen (secondary N) is 4. The maximum Gasteiger partial charge on any atom is 0.264 e. The zero-order chi connectivity index (χ0) is 41.4. The van der Waals surface area contributed by atoms with E-state index in [0.29, 0.717) is 37.7 Å². The van der Waals surface area contributed by atoms with E-state index >= 15 is 0 Å². The molecule has 5 amide bonds. The predicted molar refractivity (Wildman–Crippen MR) is 223 cm³/mol. The molecular formula is C43H49N11O6. The summed E-state index contributed by atoms with van der Waals surface area (Å²) in [5, 5.41) is 20.3. The Morgan fingerprint density at radius 2 is 1.68 bits per heavy atom. The highest BCUT2D eigenvalue weighted by Crippen LogP contribution is 2.33. The zero-order valence-electron chi connectivity index (χ0n) is 33.4. The summed E-state index contributed by atoms with van der Waals surface area (Å²) in [7, 11) is 0. The fourth-order valence-corrected chi connectivity index (χ4v) is 8.06. The summed E-state index contributed by atoms with van der Waals surface area (Å²) < 4.78 is 7.27. The van der Waals surface area contributed by atoms with Gasteiger partial charge in [-0.3, -0.25) is 43.5 Å². The monoisotopic (exact) mass is 815 g/mol. The van der Waals surface area contributed by atoms with E-state index in [0.717, 1.165) is 92.3 Å². The molecule has 0 aliphatic carbocycles. The molecule has 5 aromatic rings. The van der Waals surface area contributed by atoms with Crippen LogP contribution < -0.4 is 26.2 Å². The molecule has 8 rings (SSSR count). The van der Waals surface area contributed by atoms with Gasteiger partial charge >= 0.3 is 0 Å². The van der Waals surface area contributed by atoms with Crippen LogP contribution in [0.3, 0.4) is 0 Å². The average molecular weight is 816 g/mol. The molecule has 3 aromatic heterocycles. The molecule has 1 atom stereocenters. The maximum atomic E-state index is 13.3. The molecule has 3 aliphatic heterocycles. The number of anilines is 3. The third-order valence-electron chi connectivity index (χ3n) is 11.3. The van der Waals surface area contributed by atoms with Gasteiger partial charge in [-0.1, -0.05) is 24.6 Å². The summed E-state index contributed by atoms with van der Waals surface area (Å²) in [6.45, 7) is 6.61. The summed E-state index contributed by atoms with van der Waals surface area (Å²) in [5.41, 5.74) is 4.88. The molecule has 3 aliphatic rings. The van der Waals surface area contributed by atoms with Gasteiger partial charge in [-0.05, 0) is 80.6 Å². The molecule has 4 N–H and O–H groups in total. The summed E-state index contributed by atoms with van der Waals surface area (Å²) in [6.07, 6.45) is 10.1. The Morgan fingerprint density at radius 1 is 0.850 bits per heavy atom. The Morgan fingerprint density at radius 3 is 2.48 bits per heavy atom. The van der Waals surface area contributed by atoms with Crippen LogP contribution in [0.25, 0.3) is 16.8 Å². The van der Waals surface area contributed by atoms with Gasteiger partial charge in [0.2, 0.25) is 23.7 Å². The number of nitrogens with zero attached hydrogens (tertiary/aromatic N) is 7. The molecule has 2 aromatic carbocycles. The van der Waals surface area contributed by atoms with E-state index in [1.165, 1.54) is 5.69 Å². The van der Waals surface area contributed by atoms with Gasteiger partial charge < -0.3 is 25.3 Å². The van der Waals surface area contributed by atoms with Crippen molar-refractivity contribution in [2.75, 3.05) is 61.3 Å². The van der Waals surface area contributed by atoms with Crippen LogP contribution in [0, 0.1) is 0 Å². The minimum atomic E-state index is -1.00. The standard InChI is InChI=1S/C43H49N11O6/c55-36(11-2-1-3-18-44-34-10-6-9-32-38(34)42(59)54(41(32)58)35-16-17-37(56)49-40(35)57)45-19-4-5-20-51-21-23-52(24-22-51)30-14-12-29(13-15-30)33-27-47-43(53-28-48-50-39(33)53)46-26-31-8-7-25-60-31/h6-10,12-15,25,27-28,35,44H,1-5,11,16-24,26H2,(H,45,55)(H,46,47)(H,49,56,57). The lowest BCUT2D eigenvalue weighted by Crippen LogP contribution is -2.54. The molecule has 1 unspecified atom stereocenters. The van der Waals surface area contributed by atoms with Crippen molar-refractivity contribution >= 4 is 52.5 Å². The number of piperidine rings is 1. The third-order valence-corrected chi connectivity index (χ3v) is 11.3. The smallest absolute Gasteiger partial charge is 0.264 e. The quantitative estimate of drug-likeness (QED) is 0.0730. The second-order valence-corrected chi connectivity index (χ2v) is 15.3. The van der Waals surface area contributed by atoms with Crippen LogP contribution >= 0.6 is 0 Å². The van der Waals surface area contributed by atoms with E-state index in [1.807, 2.05) is 22.7 Å². The van der Waals surface area contributed by atoms with E-state index in [-0.39, 0.29) is 29.9 Å². The van der Waals surface area contributed by atoms with Crippen LogP contribution in [0.15, 0.2) is 77.8 Å². The minimum absolute atomic E-state index is 0.0541. The summed E-state index contributed by atoms with van der Waals surface area (Å²) in [6, 6.07) is 16.3. The molecule has 0 radical (unpaired) electrons. The normalized spacial score (nSPS) is 17.0. The lowest BCUT2D eigenvalue weighted by molar-refractivity contribution is -0.136. The number of hydrogen-bond donors (Lipinski definition) is 4. The Hall–Kier alpha value is -6.62. The topological polar surface area (TPSA) is 199 Å².